The van der Waals surface area contributed by atoms with Gasteiger partial charge in [0.15, 0.2) is 12.4 Å². The summed E-state index contributed by atoms with van der Waals surface area (Å²) in [7, 11) is 0. The molecule has 1 atom stereocenters. The second kappa shape index (κ2) is 7.23. The summed E-state index contributed by atoms with van der Waals surface area (Å²) in [6.07, 6.45) is 1.56. The lowest BCUT2D eigenvalue weighted by molar-refractivity contribution is -0.140. The van der Waals surface area contributed by atoms with Crippen LogP contribution in [0.2, 0.25) is 0 Å². The van der Waals surface area contributed by atoms with Crippen molar-refractivity contribution in [3.05, 3.63) is 41.5 Å². The topological polar surface area (TPSA) is 88.7 Å². The number of likely N-dealkylation sites (tertiary alicyclic amines) is 1. The first-order valence-electron chi connectivity index (χ1n) is 8.42. The van der Waals surface area contributed by atoms with Crippen molar-refractivity contribution in [3.63, 3.8) is 0 Å². The minimum Gasteiger partial charge on any atom is -0.484 e. The number of aromatic nitrogens is 2. The zero-order valence-corrected chi connectivity index (χ0v) is 14.6. The van der Waals surface area contributed by atoms with E-state index in [2.05, 4.69) is 10.1 Å². The lowest BCUT2D eigenvalue weighted by atomic mass is 9.89. The molecule has 1 aliphatic rings. The maximum absolute atomic E-state index is 12.4. The van der Waals surface area contributed by atoms with Crippen molar-refractivity contribution in [1.82, 2.24) is 15.0 Å². The fourth-order valence-electron chi connectivity index (χ4n) is 3.03. The molecule has 1 aromatic carbocycles. The predicted molar refractivity (Wildman–Crippen MR) is 90.2 cm³/mol. The molecule has 1 amide bonds. The van der Waals surface area contributed by atoms with Gasteiger partial charge >= 0.3 is 0 Å². The van der Waals surface area contributed by atoms with Gasteiger partial charge in [-0.1, -0.05) is 22.9 Å². The summed E-state index contributed by atoms with van der Waals surface area (Å²) in [5.41, 5.74) is 0.0903. The van der Waals surface area contributed by atoms with Crippen LogP contribution in [0.25, 0.3) is 0 Å². The molecule has 1 saturated heterocycles. The Kier molecular flexibility index (Phi) is 5.03. The first-order valence-corrected chi connectivity index (χ1v) is 8.42. The Morgan fingerprint density at radius 1 is 1.36 bits per heavy atom. The van der Waals surface area contributed by atoms with Crippen molar-refractivity contribution < 1.29 is 19.2 Å². The third kappa shape index (κ3) is 4.57. The molecule has 0 radical (unpaired) electrons. The predicted octanol–water partition coefficient (Wildman–Crippen LogP) is 1.66. The standard InChI is InChI=1S/C18H23N3O4/c1-13-4-6-15(7-5-13)24-11-17(22)21-9-3-8-18(23,12-21)10-16-19-14(2)20-25-16/h4-7,23H,3,8-12H2,1-2H3. The molecule has 1 N–H and O–H groups in total. The van der Waals surface area contributed by atoms with Gasteiger partial charge in [0.25, 0.3) is 5.91 Å². The highest BCUT2D eigenvalue weighted by Gasteiger charge is 2.37. The van der Waals surface area contributed by atoms with Crippen LogP contribution < -0.4 is 4.74 Å². The number of hydrogen-bond acceptors (Lipinski definition) is 6. The Labute approximate surface area is 146 Å². The molecule has 0 bridgehead atoms. The zero-order chi connectivity index (χ0) is 17.9. The largest absolute Gasteiger partial charge is 0.484 e. The van der Waals surface area contributed by atoms with Gasteiger partial charge in [0.05, 0.1) is 12.0 Å². The van der Waals surface area contributed by atoms with Crippen LogP contribution in [0.1, 0.15) is 30.1 Å². The molecule has 1 aliphatic heterocycles. The molecule has 2 heterocycles. The van der Waals surface area contributed by atoms with Crippen LogP contribution in [0.15, 0.2) is 28.8 Å². The molecular weight excluding hydrogens is 322 g/mol. The molecular formula is C18H23N3O4. The minimum atomic E-state index is -1.04. The van der Waals surface area contributed by atoms with E-state index in [0.29, 0.717) is 30.4 Å². The van der Waals surface area contributed by atoms with E-state index < -0.39 is 5.60 Å². The van der Waals surface area contributed by atoms with Crippen molar-refractivity contribution >= 4 is 5.91 Å². The average molecular weight is 345 g/mol. The first-order chi connectivity index (χ1) is 11.9. The highest BCUT2D eigenvalue weighted by Crippen LogP contribution is 2.25. The Morgan fingerprint density at radius 2 is 2.12 bits per heavy atom. The Morgan fingerprint density at radius 3 is 2.80 bits per heavy atom. The molecule has 0 saturated carbocycles. The second-order valence-electron chi connectivity index (χ2n) is 6.66. The van der Waals surface area contributed by atoms with Crippen molar-refractivity contribution in [3.8, 4) is 5.75 Å². The van der Waals surface area contributed by atoms with Gasteiger partial charge < -0.3 is 19.3 Å². The smallest absolute Gasteiger partial charge is 0.260 e. The number of hydrogen-bond donors (Lipinski definition) is 1. The number of amides is 1. The van der Waals surface area contributed by atoms with E-state index in [0.717, 1.165) is 12.0 Å². The van der Waals surface area contributed by atoms with Gasteiger partial charge in [-0.15, -0.1) is 0 Å². The van der Waals surface area contributed by atoms with E-state index in [-0.39, 0.29) is 25.5 Å². The number of aliphatic hydroxyl groups is 1. The van der Waals surface area contributed by atoms with Gasteiger partial charge in [0.1, 0.15) is 5.75 Å². The van der Waals surface area contributed by atoms with Crippen LogP contribution in [-0.2, 0) is 11.2 Å². The lowest BCUT2D eigenvalue weighted by Gasteiger charge is -2.38. The normalized spacial score (nSPS) is 20.5. The number of nitrogens with zero attached hydrogens (tertiary/aromatic N) is 3. The van der Waals surface area contributed by atoms with Gasteiger partial charge in [-0.05, 0) is 38.8 Å². The second-order valence-corrected chi connectivity index (χ2v) is 6.66. The number of ether oxygens (including phenoxy) is 1. The number of piperidine rings is 1. The molecule has 2 aromatic rings. The summed E-state index contributed by atoms with van der Waals surface area (Å²) in [5.74, 6) is 1.45. The summed E-state index contributed by atoms with van der Waals surface area (Å²) < 4.78 is 10.6. The van der Waals surface area contributed by atoms with Crippen LogP contribution in [0.3, 0.4) is 0 Å². The maximum atomic E-state index is 12.4. The number of β-amino-alcohol motifs (C(OH)–C–C–N with tert-alkyl or cyclic N) is 1. The number of aryl methyl sites for hydroxylation is 2. The highest BCUT2D eigenvalue weighted by atomic mass is 16.5. The monoisotopic (exact) mass is 345 g/mol. The minimum absolute atomic E-state index is 0.0429. The Bertz CT molecular complexity index is 728. The fraction of sp³-hybridized carbons (Fsp3) is 0.500. The van der Waals surface area contributed by atoms with Gasteiger partial charge in [-0.3, -0.25) is 4.79 Å². The van der Waals surface area contributed by atoms with Crippen LogP contribution in [0.5, 0.6) is 5.75 Å². The van der Waals surface area contributed by atoms with Crippen LogP contribution in [0.4, 0.5) is 0 Å². The Hall–Kier alpha value is -2.41. The first kappa shape index (κ1) is 17.4. The molecule has 134 valence electrons. The quantitative estimate of drug-likeness (QED) is 0.887. The van der Waals surface area contributed by atoms with E-state index in [9.17, 15) is 9.90 Å². The van der Waals surface area contributed by atoms with Crippen molar-refractivity contribution in [2.24, 2.45) is 0 Å². The summed E-state index contributed by atoms with van der Waals surface area (Å²) in [6, 6.07) is 7.55. The average Bonchev–Trinajstić information content (AvgIpc) is 2.98. The van der Waals surface area contributed by atoms with E-state index in [1.165, 1.54) is 0 Å². The molecule has 1 aromatic heterocycles. The third-order valence-corrected chi connectivity index (χ3v) is 4.34. The van der Waals surface area contributed by atoms with Gasteiger partial charge in [0, 0.05) is 13.1 Å². The number of carbonyl (C=O) groups is 1. The molecule has 25 heavy (non-hydrogen) atoms. The summed E-state index contributed by atoms with van der Waals surface area (Å²) in [5, 5.41) is 14.5. The molecule has 0 spiro atoms. The van der Waals surface area contributed by atoms with E-state index in [4.69, 9.17) is 9.26 Å². The molecule has 7 nitrogen and oxygen atoms in total. The summed E-state index contributed by atoms with van der Waals surface area (Å²) in [4.78, 5) is 18.2. The molecule has 0 aliphatic carbocycles. The van der Waals surface area contributed by atoms with Crippen molar-refractivity contribution in [1.29, 1.82) is 0 Å². The van der Waals surface area contributed by atoms with Crippen molar-refractivity contribution in [2.75, 3.05) is 19.7 Å². The highest BCUT2D eigenvalue weighted by molar-refractivity contribution is 5.78. The number of benzene rings is 1. The Balaban J connectivity index is 1.56. The lowest BCUT2D eigenvalue weighted by Crippen LogP contribution is -2.52. The van der Waals surface area contributed by atoms with E-state index >= 15 is 0 Å². The third-order valence-electron chi connectivity index (χ3n) is 4.34. The molecule has 7 heteroatoms. The van der Waals surface area contributed by atoms with E-state index in [1.54, 1.807) is 11.8 Å². The molecule has 1 unspecified atom stereocenters. The van der Waals surface area contributed by atoms with Crippen LogP contribution in [-0.4, -0.2) is 51.4 Å². The van der Waals surface area contributed by atoms with Gasteiger partial charge in [-0.2, -0.15) is 4.98 Å². The SMILES string of the molecule is Cc1ccc(OCC(=O)N2CCCC(O)(Cc3nc(C)no3)C2)cc1. The van der Waals surface area contributed by atoms with Crippen molar-refractivity contribution in [2.45, 2.75) is 38.7 Å². The van der Waals surface area contributed by atoms with Gasteiger partial charge in [0.2, 0.25) is 5.89 Å². The van der Waals surface area contributed by atoms with Crippen LogP contribution >= 0.6 is 0 Å². The van der Waals surface area contributed by atoms with Gasteiger partial charge in [-0.25, -0.2) is 0 Å². The molecule has 1 fully saturated rings. The summed E-state index contributed by atoms with van der Waals surface area (Å²) >= 11 is 0. The number of carbonyl (C=O) groups excluding carboxylic acids is 1. The molecule has 3 rings (SSSR count). The number of rotatable bonds is 5. The van der Waals surface area contributed by atoms with Crippen LogP contribution in [0, 0.1) is 13.8 Å². The fourth-order valence-corrected chi connectivity index (χ4v) is 3.03. The zero-order valence-electron chi connectivity index (χ0n) is 14.6. The maximum Gasteiger partial charge on any atom is 0.260 e. The van der Waals surface area contributed by atoms with E-state index in [1.807, 2.05) is 31.2 Å². The summed E-state index contributed by atoms with van der Waals surface area (Å²) in [6.45, 7) is 4.54.